The summed E-state index contributed by atoms with van der Waals surface area (Å²) in [6.07, 6.45) is 1.73. The smallest absolute Gasteiger partial charge is 0.330 e. The van der Waals surface area contributed by atoms with Crippen molar-refractivity contribution in [2.75, 3.05) is 25.6 Å². The Morgan fingerprint density at radius 2 is 1.80 bits per heavy atom. The first kappa shape index (κ1) is 31.4. The Hall–Kier alpha value is -4.55. The van der Waals surface area contributed by atoms with Gasteiger partial charge in [-0.3, -0.25) is 13.9 Å². The van der Waals surface area contributed by atoms with Crippen LogP contribution in [-0.2, 0) is 25.4 Å². The molecule has 0 spiro atoms. The van der Waals surface area contributed by atoms with Crippen molar-refractivity contribution in [3.63, 3.8) is 0 Å². The minimum Gasteiger partial charge on any atom is -0.481 e. The van der Waals surface area contributed by atoms with E-state index in [1.54, 1.807) is 26.4 Å². The average molecular weight is 643 g/mol. The maximum absolute atomic E-state index is 13.1. The van der Waals surface area contributed by atoms with Gasteiger partial charge in [-0.25, -0.2) is 14.8 Å². The molecule has 12 heteroatoms. The summed E-state index contributed by atoms with van der Waals surface area (Å²) in [5.41, 5.74) is 5.39. The number of aryl methyl sites for hydroxylation is 1. The van der Waals surface area contributed by atoms with Crippen LogP contribution in [0, 0.1) is 6.92 Å². The van der Waals surface area contributed by atoms with E-state index >= 15 is 0 Å². The zero-order chi connectivity index (χ0) is 32.5. The van der Waals surface area contributed by atoms with E-state index in [-0.39, 0.29) is 11.4 Å². The third-order valence-electron chi connectivity index (χ3n) is 8.55. The molecule has 1 aliphatic heterocycles. The predicted octanol–water partition coefficient (Wildman–Crippen LogP) is 4.31. The van der Waals surface area contributed by atoms with E-state index in [1.165, 1.54) is 11.6 Å². The maximum atomic E-state index is 13.1. The third kappa shape index (κ3) is 5.78. The number of aliphatic hydroxyl groups excluding tert-OH is 1. The summed E-state index contributed by atoms with van der Waals surface area (Å²) in [6.45, 7) is 3.46. The number of methoxy groups -OCH3 is 1. The average Bonchev–Trinajstić information content (AvgIpc) is 3.07. The SMILES string of the molecule is COc1nc(-c2cccc(-c3cccc(Nc4nccc5c4c(=O)n(C)c(=O)n5C)c3Cl)c2C)ccc1CNC1CCOCC1O. The molecule has 11 nitrogen and oxygen atoms in total. The van der Waals surface area contributed by atoms with Gasteiger partial charge in [-0.15, -0.1) is 0 Å². The summed E-state index contributed by atoms with van der Waals surface area (Å²) in [4.78, 5) is 34.8. The first-order valence-electron chi connectivity index (χ1n) is 14.9. The van der Waals surface area contributed by atoms with E-state index < -0.39 is 17.4 Å². The number of nitrogens with zero attached hydrogens (tertiary/aromatic N) is 4. The molecule has 2 unspecified atom stereocenters. The lowest BCUT2D eigenvalue weighted by Gasteiger charge is -2.28. The number of halogens is 1. The summed E-state index contributed by atoms with van der Waals surface area (Å²) < 4.78 is 13.5. The molecule has 2 aromatic carbocycles. The Kier molecular flexibility index (Phi) is 8.92. The highest BCUT2D eigenvalue weighted by atomic mass is 35.5. The molecule has 1 saturated heterocycles. The van der Waals surface area contributed by atoms with Crippen molar-refractivity contribution in [2.24, 2.45) is 14.1 Å². The molecule has 0 amide bonds. The molecule has 0 aliphatic carbocycles. The second-order valence-electron chi connectivity index (χ2n) is 11.3. The third-order valence-corrected chi connectivity index (χ3v) is 8.96. The molecule has 5 aromatic rings. The topological polar surface area (TPSA) is 133 Å². The molecule has 6 rings (SSSR count). The minimum absolute atomic E-state index is 0.0532. The number of pyridine rings is 2. The number of hydrogen-bond donors (Lipinski definition) is 3. The lowest BCUT2D eigenvalue weighted by Crippen LogP contribution is -2.46. The Balaban J connectivity index is 1.32. The minimum atomic E-state index is -0.552. The number of rotatable bonds is 8. The Morgan fingerprint density at radius 1 is 1.04 bits per heavy atom. The van der Waals surface area contributed by atoms with Crippen molar-refractivity contribution in [3.05, 3.63) is 97.8 Å². The standard InChI is InChI=1S/C34H35ClN6O5/c1-19-21(7-5-8-22(19)24-12-11-20(32(39-24)45-4)17-37-25-14-16-46-18-28(25)42)23-9-6-10-26(30(23)35)38-31-29-27(13-15-36-31)40(2)34(44)41(3)33(29)43/h5-13,15,25,28,37,42H,14,16-18H2,1-4H3,(H,36,38). The van der Waals surface area contributed by atoms with Crippen LogP contribution in [-0.4, -0.2) is 56.7 Å². The Labute approximate surface area is 270 Å². The van der Waals surface area contributed by atoms with Gasteiger partial charge in [0.25, 0.3) is 5.56 Å². The highest BCUT2D eigenvalue weighted by Gasteiger charge is 2.24. The van der Waals surface area contributed by atoms with Crippen LogP contribution in [0.5, 0.6) is 5.88 Å². The van der Waals surface area contributed by atoms with Gasteiger partial charge in [0, 0.05) is 56.2 Å². The second-order valence-corrected chi connectivity index (χ2v) is 11.7. The summed E-state index contributed by atoms with van der Waals surface area (Å²) in [5.74, 6) is 0.808. The van der Waals surface area contributed by atoms with E-state index in [4.69, 9.17) is 26.1 Å². The Morgan fingerprint density at radius 3 is 2.59 bits per heavy atom. The molecule has 4 heterocycles. The number of benzene rings is 2. The van der Waals surface area contributed by atoms with Gasteiger partial charge in [-0.05, 0) is 42.7 Å². The van der Waals surface area contributed by atoms with Gasteiger partial charge in [0.1, 0.15) is 11.2 Å². The van der Waals surface area contributed by atoms with Crippen molar-refractivity contribution in [3.8, 4) is 28.3 Å². The number of fused-ring (bicyclic) bond motifs is 1. The molecule has 1 aliphatic rings. The second kappa shape index (κ2) is 13.1. The largest absolute Gasteiger partial charge is 0.481 e. The number of nitrogens with one attached hydrogen (secondary N) is 2. The first-order valence-corrected chi connectivity index (χ1v) is 15.3. The molecule has 2 atom stereocenters. The maximum Gasteiger partial charge on any atom is 0.330 e. The molecule has 3 N–H and O–H groups in total. The predicted molar refractivity (Wildman–Crippen MR) is 179 cm³/mol. The highest BCUT2D eigenvalue weighted by Crippen LogP contribution is 2.39. The van der Waals surface area contributed by atoms with Crippen molar-refractivity contribution in [2.45, 2.75) is 32.0 Å². The fourth-order valence-corrected chi connectivity index (χ4v) is 6.20. The molecule has 3 aromatic heterocycles. The van der Waals surface area contributed by atoms with Gasteiger partial charge in [-0.2, -0.15) is 0 Å². The normalized spacial score (nSPS) is 16.5. The zero-order valence-electron chi connectivity index (χ0n) is 26.0. The van der Waals surface area contributed by atoms with Crippen LogP contribution in [0.4, 0.5) is 11.5 Å². The van der Waals surface area contributed by atoms with Crippen molar-refractivity contribution in [1.29, 1.82) is 0 Å². The lowest BCUT2D eigenvalue weighted by atomic mass is 9.94. The number of aliphatic hydroxyl groups is 1. The van der Waals surface area contributed by atoms with Gasteiger partial charge in [-0.1, -0.05) is 48.0 Å². The molecule has 0 radical (unpaired) electrons. The van der Waals surface area contributed by atoms with E-state index in [9.17, 15) is 14.7 Å². The van der Waals surface area contributed by atoms with Gasteiger partial charge in [0.15, 0.2) is 0 Å². The molecule has 0 bridgehead atoms. The van der Waals surface area contributed by atoms with Gasteiger partial charge >= 0.3 is 5.69 Å². The van der Waals surface area contributed by atoms with Crippen LogP contribution in [0.2, 0.25) is 5.02 Å². The van der Waals surface area contributed by atoms with E-state index in [1.807, 2.05) is 55.5 Å². The van der Waals surface area contributed by atoms with E-state index in [2.05, 4.69) is 15.6 Å². The summed E-state index contributed by atoms with van der Waals surface area (Å²) in [7, 11) is 4.66. The van der Waals surface area contributed by atoms with Crippen molar-refractivity contribution < 1.29 is 14.6 Å². The molecule has 1 fully saturated rings. The van der Waals surface area contributed by atoms with Crippen LogP contribution in [0.15, 0.2) is 70.4 Å². The fraction of sp³-hybridized carbons (Fsp3) is 0.294. The van der Waals surface area contributed by atoms with E-state index in [0.29, 0.717) is 47.7 Å². The van der Waals surface area contributed by atoms with Crippen LogP contribution < -0.4 is 26.6 Å². The van der Waals surface area contributed by atoms with Crippen LogP contribution in [0.3, 0.4) is 0 Å². The summed E-state index contributed by atoms with van der Waals surface area (Å²) in [5, 5.41) is 17.6. The summed E-state index contributed by atoms with van der Waals surface area (Å²) >= 11 is 7.02. The van der Waals surface area contributed by atoms with Gasteiger partial charge < -0.3 is 25.2 Å². The quantitative estimate of drug-likeness (QED) is 0.226. The Bertz CT molecular complexity index is 2060. The van der Waals surface area contributed by atoms with Crippen LogP contribution in [0.1, 0.15) is 17.5 Å². The van der Waals surface area contributed by atoms with Crippen LogP contribution >= 0.6 is 11.6 Å². The highest BCUT2D eigenvalue weighted by molar-refractivity contribution is 6.36. The monoisotopic (exact) mass is 642 g/mol. The first-order chi connectivity index (χ1) is 22.2. The lowest BCUT2D eigenvalue weighted by molar-refractivity contribution is -0.0281. The molecule has 46 heavy (non-hydrogen) atoms. The number of aromatic nitrogens is 4. The number of hydrogen-bond acceptors (Lipinski definition) is 9. The number of anilines is 2. The van der Waals surface area contributed by atoms with Gasteiger partial charge in [0.05, 0.1) is 41.7 Å². The fourth-order valence-electron chi connectivity index (χ4n) is 5.92. The summed E-state index contributed by atoms with van der Waals surface area (Å²) in [6, 6.07) is 17.1. The zero-order valence-corrected chi connectivity index (χ0v) is 26.8. The molecule has 0 saturated carbocycles. The molecular formula is C34H35ClN6O5. The number of ether oxygens (including phenoxy) is 2. The molecular weight excluding hydrogens is 608 g/mol. The van der Waals surface area contributed by atoms with E-state index in [0.717, 1.165) is 44.5 Å². The molecule has 238 valence electrons. The van der Waals surface area contributed by atoms with Crippen molar-refractivity contribution >= 4 is 34.0 Å². The van der Waals surface area contributed by atoms with Crippen LogP contribution in [0.25, 0.3) is 33.3 Å². The van der Waals surface area contributed by atoms with Gasteiger partial charge in [0.2, 0.25) is 5.88 Å². The van der Waals surface area contributed by atoms with Crippen molar-refractivity contribution in [1.82, 2.24) is 24.4 Å².